The van der Waals surface area contributed by atoms with E-state index in [1.165, 1.54) is 17.0 Å². The third kappa shape index (κ3) is 5.24. The fourth-order valence-electron chi connectivity index (χ4n) is 3.66. The van der Waals surface area contributed by atoms with Crippen LogP contribution in [0.25, 0.3) is 5.69 Å². The first-order valence-corrected chi connectivity index (χ1v) is 11.6. The number of ether oxygens (including phenoxy) is 1. The molecule has 0 radical (unpaired) electrons. The molecule has 178 valence electrons. The number of nitrogens with zero attached hydrogens (tertiary/aromatic N) is 2. The van der Waals surface area contributed by atoms with Gasteiger partial charge in [0.1, 0.15) is 12.4 Å². The number of hydrogen-bond donors (Lipinski definition) is 3. The maximum Gasteiger partial charge on any atom is 0.297 e. The van der Waals surface area contributed by atoms with E-state index in [4.69, 9.17) is 22.1 Å². The zero-order chi connectivity index (χ0) is 24.3. The lowest BCUT2D eigenvalue weighted by Crippen LogP contribution is -2.34. The van der Waals surface area contributed by atoms with Crippen LogP contribution in [0.4, 0.5) is 5.82 Å². The first kappa shape index (κ1) is 23.8. The summed E-state index contributed by atoms with van der Waals surface area (Å²) in [5.74, 6) is 0.639. The Morgan fingerprint density at radius 2 is 2.03 bits per heavy atom. The summed E-state index contributed by atoms with van der Waals surface area (Å²) in [6, 6.07) is 12.7. The number of halogens is 1. The predicted molar refractivity (Wildman–Crippen MR) is 133 cm³/mol. The van der Waals surface area contributed by atoms with E-state index in [0.717, 1.165) is 18.4 Å². The van der Waals surface area contributed by atoms with Gasteiger partial charge in [0.05, 0.1) is 16.2 Å². The molecule has 1 aromatic heterocycles. The normalized spacial score (nSPS) is 13.4. The van der Waals surface area contributed by atoms with Crippen LogP contribution in [0.1, 0.15) is 42.6 Å². The maximum absolute atomic E-state index is 13.4. The molecule has 1 heterocycles. The average molecular weight is 482 g/mol. The molecule has 0 bridgehead atoms. The Morgan fingerprint density at radius 3 is 2.76 bits per heavy atom. The molecule has 1 saturated carbocycles. The van der Waals surface area contributed by atoms with Crippen molar-refractivity contribution >= 4 is 23.3 Å². The van der Waals surface area contributed by atoms with Crippen LogP contribution in [-0.2, 0) is 5.54 Å². The van der Waals surface area contributed by atoms with Crippen molar-refractivity contribution in [3.05, 3.63) is 81.4 Å². The van der Waals surface area contributed by atoms with Crippen LogP contribution < -0.4 is 26.7 Å². The van der Waals surface area contributed by atoms with E-state index in [1.54, 1.807) is 18.2 Å². The number of amides is 1. The number of aromatic nitrogens is 2. The van der Waals surface area contributed by atoms with Crippen LogP contribution >= 0.6 is 11.6 Å². The van der Waals surface area contributed by atoms with Crippen molar-refractivity contribution in [1.82, 2.24) is 14.9 Å². The smallest absolute Gasteiger partial charge is 0.297 e. The SMILES string of the molecule is CC(C)(Nc1nccn(-c2cc(C(=O)NC3CC3)ccc2Cl)c1=O)c1ccccc1OCCN. The summed E-state index contributed by atoms with van der Waals surface area (Å²) >= 11 is 6.42. The highest BCUT2D eigenvalue weighted by Crippen LogP contribution is 2.32. The molecule has 0 atom stereocenters. The lowest BCUT2D eigenvalue weighted by atomic mass is 9.93. The zero-order valence-electron chi connectivity index (χ0n) is 19.2. The molecular weight excluding hydrogens is 454 g/mol. The second kappa shape index (κ2) is 9.87. The van der Waals surface area contributed by atoms with Gasteiger partial charge in [-0.05, 0) is 51.0 Å². The van der Waals surface area contributed by atoms with Crippen molar-refractivity contribution in [2.45, 2.75) is 38.3 Å². The topological polar surface area (TPSA) is 111 Å². The third-order valence-electron chi connectivity index (χ3n) is 5.59. The molecule has 0 saturated heterocycles. The number of nitrogens with one attached hydrogen (secondary N) is 2. The number of rotatable bonds is 9. The van der Waals surface area contributed by atoms with Crippen molar-refractivity contribution in [3.63, 3.8) is 0 Å². The number of carbonyl (C=O) groups is 1. The van der Waals surface area contributed by atoms with Crippen molar-refractivity contribution in [3.8, 4) is 11.4 Å². The van der Waals surface area contributed by atoms with Crippen molar-refractivity contribution in [1.29, 1.82) is 0 Å². The summed E-state index contributed by atoms with van der Waals surface area (Å²) in [7, 11) is 0. The van der Waals surface area contributed by atoms with Crippen molar-refractivity contribution in [2.24, 2.45) is 5.73 Å². The molecule has 4 N–H and O–H groups in total. The predicted octanol–water partition coefficient (Wildman–Crippen LogP) is 3.46. The Balaban J connectivity index is 1.66. The van der Waals surface area contributed by atoms with Crippen LogP contribution in [0, 0.1) is 0 Å². The molecule has 9 heteroatoms. The van der Waals surface area contributed by atoms with Gasteiger partial charge in [0.15, 0.2) is 5.82 Å². The number of para-hydroxylation sites is 1. The number of carbonyl (C=O) groups excluding carboxylic acids is 1. The minimum atomic E-state index is -0.688. The maximum atomic E-state index is 13.4. The molecule has 1 aliphatic carbocycles. The van der Waals surface area contributed by atoms with E-state index in [-0.39, 0.29) is 17.8 Å². The van der Waals surface area contributed by atoms with Crippen molar-refractivity contribution < 1.29 is 9.53 Å². The summed E-state index contributed by atoms with van der Waals surface area (Å²) in [4.78, 5) is 30.2. The quantitative estimate of drug-likeness (QED) is 0.431. The van der Waals surface area contributed by atoms with Gasteiger partial charge < -0.3 is 21.1 Å². The molecule has 8 nitrogen and oxygen atoms in total. The van der Waals surface area contributed by atoms with Gasteiger partial charge in [-0.25, -0.2) is 4.98 Å². The molecule has 0 unspecified atom stereocenters. The minimum absolute atomic E-state index is 0.144. The second-order valence-corrected chi connectivity index (χ2v) is 9.16. The molecular formula is C25H28ClN5O3. The van der Waals surface area contributed by atoms with Gasteiger partial charge in [0.2, 0.25) is 0 Å². The molecule has 3 aromatic rings. The van der Waals surface area contributed by atoms with Gasteiger partial charge in [-0.1, -0.05) is 29.8 Å². The van der Waals surface area contributed by atoms with E-state index < -0.39 is 11.1 Å². The van der Waals surface area contributed by atoms with Crippen molar-refractivity contribution in [2.75, 3.05) is 18.5 Å². The molecule has 34 heavy (non-hydrogen) atoms. The Labute approximate surface area is 203 Å². The number of anilines is 1. The monoisotopic (exact) mass is 481 g/mol. The Bertz CT molecular complexity index is 1250. The number of benzene rings is 2. The molecule has 2 aromatic carbocycles. The summed E-state index contributed by atoms with van der Waals surface area (Å²) in [5.41, 5.74) is 6.22. The molecule has 0 aliphatic heterocycles. The summed E-state index contributed by atoms with van der Waals surface area (Å²) < 4.78 is 7.18. The van der Waals surface area contributed by atoms with E-state index in [1.807, 2.05) is 38.1 Å². The fraction of sp³-hybridized carbons (Fsp3) is 0.320. The second-order valence-electron chi connectivity index (χ2n) is 8.75. The van der Waals surface area contributed by atoms with Gasteiger partial charge >= 0.3 is 0 Å². The van der Waals surface area contributed by atoms with Gasteiger partial charge in [-0.3, -0.25) is 14.2 Å². The van der Waals surface area contributed by atoms with Crippen LogP contribution in [-0.4, -0.2) is 34.7 Å². The lowest BCUT2D eigenvalue weighted by Gasteiger charge is -2.29. The first-order chi connectivity index (χ1) is 16.3. The highest BCUT2D eigenvalue weighted by molar-refractivity contribution is 6.32. The van der Waals surface area contributed by atoms with Crippen LogP contribution in [0.2, 0.25) is 5.02 Å². The molecule has 0 spiro atoms. The Hall–Kier alpha value is -3.36. The molecule has 1 amide bonds. The van der Waals surface area contributed by atoms with Gasteiger partial charge in [0.25, 0.3) is 11.5 Å². The molecule has 4 rings (SSSR count). The third-order valence-corrected chi connectivity index (χ3v) is 5.91. The van der Waals surface area contributed by atoms with E-state index in [0.29, 0.717) is 35.2 Å². The van der Waals surface area contributed by atoms with Gasteiger partial charge in [0, 0.05) is 36.1 Å². The first-order valence-electron chi connectivity index (χ1n) is 11.2. The van der Waals surface area contributed by atoms with Crippen LogP contribution in [0.15, 0.2) is 59.7 Å². The summed E-state index contributed by atoms with van der Waals surface area (Å²) in [6.45, 7) is 4.65. The largest absolute Gasteiger partial charge is 0.492 e. The zero-order valence-corrected chi connectivity index (χ0v) is 19.9. The highest BCUT2D eigenvalue weighted by Gasteiger charge is 2.27. The van der Waals surface area contributed by atoms with Gasteiger partial charge in [-0.15, -0.1) is 0 Å². The van der Waals surface area contributed by atoms with Gasteiger partial charge in [-0.2, -0.15) is 0 Å². The number of hydrogen-bond acceptors (Lipinski definition) is 6. The number of nitrogens with two attached hydrogens (primary N) is 1. The van der Waals surface area contributed by atoms with E-state index >= 15 is 0 Å². The fourth-order valence-corrected chi connectivity index (χ4v) is 3.87. The van der Waals surface area contributed by atoms with Crippen LogP contribution in [0.5, 0.6) is 5.75 Å². The van der Waals surface area contributed by atoms with Crippen LogP contribution in [0.3, 0.4) is 0 Å². The molecule has 1 fully saturated rings. The lowest BCUT2D eigenvalue weighted by molar-refractivity contribution is 0.0951. The standard InChI is InChI=1S/C25H28ClN5O3/c1-25(2,18-5-3-4-6-21(18)34-14-11-27)30-22-24(33)31(13-12-28-22)20-15-16(7-10-19(20)26)23(32)29-17-8-9-17/h3-7,10,12-13,15,17H,8-9,11,14,27H2,1-2H3,(H,28,30)(H,29,32). The summed E-state index contributed by atoms with van der Waals surface area (Å²) in [5, 5.41) is 6.54. The summed E-state index contributed by atoms with van der Waals surface area (Å²) in [6.07, 6.45) is 5.02. The van der Waals surface area contributed by atoms with E-state index in [9.17, 15) is 9.59 Å². The minimum Gasteiger partial charge on any atom is -0.492 e. The highest BCUT2D eigenvalue weighted by atomic mass is 35.5. The average Bonchev–Trinajstić information content (AvgIpc) is 3.63. The molecule has 1 aliphatic rings. The Morgan fingerprint density at radius 1 is 1.26 bits per heavy atom. The Kier molecular flexibility index (Phi) is 6.90. The van der Waals surface area contributed by atoms with E-state index in [2.05, 4.69) is 15.6 Å².